The van der Waals surface area contributed by atoms with Crippen LogP contribution in [0.4, 0.5) is 0 Å². The highest BCUT2D eigenvalue weighted by Gasteiger charge is 2.20. The van der Waals surface area contributed by atoms with Crippen LogP contribution >= 0.6 is 7.82 Å². The van der Waals surface area contributed by atoms with Crippen molar-refractivity contribution in [1.29, 1.82) is 0 Å². The zero-order valence-electron chi connectivity index (χ0n) is 37.6. The SMILES string of the molecule is CCC/C=C\C/C=C\CCCCCCCCOCC(COP(=O)([O-])OCC[N+](C)(C)C)OC(=O)CCCCCCCCCCCCCCCCCCCCCC. The predicted molar refractivity (Wildman–Crippen MR) is 236 cm³/mol. The van der Waals surface area contributed by atoms with E-state index in [1.54, 1.807) is 0 Å². The Bertz CT molecular complexity index is 951. The Morgan fingerprint density at radius 2 is 1.02 bits per heavy atom. The lowest BCUT2D eigenvalue weighted by atomic mass is 10.0. The van der Waals surface area contributed by atoms with Crippen molar-refractivity contribution in [2.75, 3.05) is 54.1 Å². The van der Waals surface area contributed by atoms with Crippen molar-refractivity contribution in [2.45, 2.75) is 219 Å². The van der Waals surface area contributed by atoms with E-state index in [9.17, 15) is 14.3 Å². The largest absolute Gasteiger partial charge is 0.756 e. The topological polar surface area (TPSA) is 94.1 Å². The van der Waals surface area contributed by atoms with E-state index in [0.29, 0.717) is 24.1 Å². The third-order valence-electron chi connectivity index (χ3n) is 10.2. The van der Waals surface area contributed by atoms with Gasteiger partial charge < -0.3 is 27.9 Å². The van der Waals surface area contributed by atoms with Crippen LogP contribution in [0.2, 0.25) is 0 Å². The molecule has 0 aliphatic rings. The molecule has 2 unspecified atom stereocenters. The smallest absolute Gasteiger partial charge is 0.306 e. The number of nitrogens with zero attached hydrogens (tertiary/aromatic N) is 1. The number of phosphoric ester groups is 1. The number of hydrogen-bond donors (Lipinski definition) is 0. The zero-order chi connectivity index (χ0) is 41.3. The molecule has 0 saturated carbocycles. The van der Waals surface area contributed by atoms with Gasteiger partial charge in [-0.1, -0.05) is 192 Å². The molecule has 0 bridgehead atoms. The molecule has 0 amide bonds. The van der Waals surface area contributed by atoms with Gasteiger partial charge in [-0.15, -0.1) is 0 Å². The number of hydrogen-bond acceptors (Lipinski definition) is 7. The fourth-order valence-electron chi connectivity index (χ4n) is 6.59. The van der Waals surface area contributed by atoms with Gasteiger partial charge in [-0.25, -0.2) is 0 Å². The van der Waals surface area contributed by atoms with Crippen LogP contribution in [-0.2, 0) is 27.9 Å². The van der Waals surface area contributed by atoms with Crippen molar-refractivity contribution in [3.05, 3.63) is 24.3 Å². The lowest BCUT2D eigenvalue weighted by Crippen LogP contribution is -2.37. The first-order valence-electron chi connectivity index (χ1n) is 23.6. The first kappa shape index (κ1) is 55.0. The lowest BCUT2D eigenvalue weighted by Gasteiger charge is -2.28. The number of unbranched alkanes of at least 4 members (excludes halogenated alkanes) is 26. The highest BCUT2D eigenvalue weighted by Crippen LogP contribution is 2.38. The molecule has 0 aromatic carbocycles. The van der Waals surface area contributed by atoms with Gasteiger partial charge in [-0.3, -0.25) is 9.36 Å². The molecule has 0 rings (SSSR count). The number of ether oxygens (including phenoxy) is 2. The fourth-order valence-corrected chi connectivity index (χ4v) is 7.31. The second-order valence-corrected chi connectivity index (χ2v) is 18.5. The third kappa shape index (κ3) is 44.1. The highest BCUT2D eigenvalue weighted by atomic mass is 31.2. The minimum absolute atomic E-state index is 0.0259. The van der Waals surface area contributed by atoms with Crippen molar-refractivity contribution in [2.24, 2.45) is 0 Å². The van der Waals surface area contributed by atoms with Gasteiger partial charge >= 0.3 is 5.97 Å². The van der Waals surface area contributed by atoms with Gasteiger partial charge in [0.25, 0.3) is 7.82 Å². The van der Waals surface area contributed by atoms with E-state index in [2.05, 4.69) is 38.2 Å². The summed E-state index contributed by atoms with van der Waals surface area (Å²) in [6, 6.07) is 0. The summed E-state index contributed by atoms with van der Waals surface area (Å²) in [4.78, 5) is 25.1. The normalized spacial score (nSPS) is 13.9. The van der Waals surface area contributed by atoms with E-state index < -0.39 is 13.9 Å². The average molecular weight is 814 g/mol. The van der Waals surface area contributed by atoms with E-state index in [4.69, 9.17) is 18.5 Å². The number of esters is 1. The summed E-state index contributed by atoms with van der Waals surface area (Å²) in [6.07, 6.45) is 46.2. The summed E-state index contributed by atoms with van der Waals surface area (Å²) in [5, 5.41) is 0. The second kappa shape index (κ2) is 40.7. The Labute approximate surface area is 347 Å². The maximum atomic E-state index is 12.7. The summed E-state index contributed by atoms with van der Waals surface area (Å²) in [6.45, 7) is 5.36. The summed E-state index contributed by atoms with van der Waals surface area (Å²) in [5.74, 6) is -0.334. The van der Waals surface area contributed by atoms with Crippen molar-refractivity contribution in [3.8, 4) is 0 Å². The molecule has 332 valence electrons. The molecule has 0 heterocycles. The minimum Gasteiger partial charge on any atom is -0.756 e. The van der Waals surface area contributed by atoms with Crippen LogP contribution in [0.25, 0.3) is 0 Å². The maximum absolute atomic E-state index is 12.7. The van der Waals surface area contributed by atoms with Crippen molar-refractivity contribution >= 4 is 13.8 Å². The Kier molecular flexibility index (Phi) is 40.0. The summed E-state index contributed by atoms with van der Waals surface area (Å²) in [7, 11) is 1.36. The van der Waals surface area contributed by atoms with Gasteiger partial charge in [0.05, 0.1) is 34.4 Å². The standard InChI is InChI=1S/C47H92NO7P/c1-6-8-10-12-14-16-18-20-22-23-24-25-26-27-28-30-32-34-36-38-40-47(49)55-46(45-54-56(50,51)53-43-41-48(3,4)5)44-52-42-39-37-35-33-31-29-21-19-17-15-13-11-9-7-2/h11,13,17,19,46H,6-10,12,14-16,18,20-45H2,1-5H3/b13-11-,19-17-. The molecule has 0 radical (unpaired) electrons. The number of phosphoric acid groups is 1. The molecule has 0 aliphatic heterocycles. The number of rotatable bonds is 44. The van der Waals surface area contributed by atoms with E-state index in [0.717, 1.165) is 51.4 Å². The van der Waals surface area contributed by atoms with Gasteiger partial charge in [0.15, 0.2) is 0 Å². The first-order chi connectivity index (χ1) is 27.1. The third-order valence-corrected chi connectivity index (χ3v) is 11.2. The van der Waals surface area contributed by atoms with Crippen LogP contribution in [0.15, 0.2) is 24.3 Å². The Balaban J connectivity index is 4.14. The maximum Gasteiger partial charge on any atom is 0.306 e. The van der Waals surface area contributed by atoms with Crippen LogP contribution < -0.4 is 4.89 Å². The molecule has 8 nitrogen and oxygen atoms in total. The first-order valence-corrected chi connectivity index (χ1v) is 25.0. The van der Waals surface area contributed by atoms with Crippen LogP contribution in [-0.4, -0.2) is 70.7 Å². The van der Waals surface area contributed by atoms with E-state index in [1.165, 1.54) is 141 Å². The average Bonchev–Trinajstić information content (AvgIpc) is 3.15. The molecule has 56 heavy (non-hydrogen) atoms. The molecule has 9 heteroatoms. The van der Waals surface area contributed by atoms with E-state index in [1.807, 2.05) is 21.1 Å². The molecule has 0 aromatic heterocycles. The molecule has 0 N–H and O–H groups in total. The fraction of sp³-hybridized carbons (Fsp3) is 0.894. The molecular weight excluding hydrogens is 721 g/mol. The Morgan fingerprint density at radius 1 is 0.554 bits per heavy atom. The van der Waals surface area contributed by atoms with Gasteiger partial charge in [-0.05, 0) is 38.5 Å². The number of carbonyl (C=O) groups is 1. The minimum atomic E-state index is -4.52. The number of allylic oxidation sites excluding steroid dienone is 4. The quantitative estimate of drug-likeness (QED) is 0.0199. The Morgan fingerprint density at radius 3 is 1.52 bits per heavy atom. The van der Waals surface area contributed by atoms with Crippen molar-refractivity contribution in [3.63, 3.8) is 0 Å². The molecule has 0 fully saturated rings. The van der Waals surface area contributed by atoms with E-state index in [-0.39, 0.29) is 25.8 Å². The van der Waals surface area contributed by atoms with Gasteiger partial charge in [0.1, 0.15) is 19.3 Å². The van der Waals surface area contributed by atoms with Crippen LogP contribution in [0.1, 0.15) is 213 Å². The van der Waals surface area contributed by atoms with Gasteiger partial charge in [0, 0.05) is 13.0 Å². The molecule has 0 aliphatic carbocycles. The molecule has 0 aromatic rings. The monoisotopic (exact) mass is 814 g/mol. The number of quaternary nitrogens is 1. The highest BCUT2D eigenvalue weighted by molar-refractivity contribution is 7.45. The number of carbonyl (C=O) groups excluding carboxylic acids is 1. The molecule has 0 spiro atoms. The van der Waals surface area contributed by atoms with E-state index >= 15 is 0 Å². The number of likely N-dealkylation sites (N-methyl/N-ethyl adjacent to an activating group) is 1. The van der Waals surface area contributed by atoms with Gasteiger partial charge in [0.2, 0.25) is 0 Å². The lowest BCUT2D eigenvalue weighted by molar-refractivity contribution is -0.870. The summed E-state index contributed by atoms with van der Waals surface area (Å²) < 4.78 is 34.6. The second-order valence-electron chi connectivity index (χ2n) is 17.1. The summed E-state index contributed by atoms with van der Waals surface area (Å²) in [5.41, 5.74) is 0. The van der Waals surface area contributed by atoms with Crippen LogP contribution in [0.5, 0.6) is 0 Å². The Hall–Kier alpha value is -1.02. The molecular formula is C47H92NO7P. The molecule has 2 atom stereocenters. The molecule has 0 saturated heterocycles. The van der Waals surface area contributed by atoms with Crippen LogP contribution in [0, 0.1) is 0 Å². The zero-order valence-corrected chi connectivity index (χ0v) is 38.5. The summed E-state index contributed by atoms with van der Waals surface area (Å²) >= 11 is 0. The van der Waals surface area contributed by atoms with Crippen molar-refractivity contribution < 1.29 is 37.3 Å². The van der Waals surface area contributed by atoms with Crippen LogP contribution in [0.3, 0.4) is 0 Å². The van der Waals surface area contributed by atoms with Crippen molar-refractivity contribution in [1.82, 2.24) is 0 Å². The predicted octanol–water partition coefficient (Wildman–Crippen LogP) is 13.4. The van der Waals surface area contributed by atoms with Gasteiger partial charge in [-0.2, -0.15) is 0 Å².